The number of nitrogens with one attached hydrogen (secondary N) is 1. The highest BCUT2D eigenvalue weighted by Gasteiger charge is 2.30. The normalized spacial score (nSPS) is 24.5. The first-order valence-electron chi connectivity index (χ1n) is 7.64. The van der Waals surface area contributed by atoms with Crippen molar-refractivity contribution in [2.24, 2.45) is 0 Å². The van der Waals surface area contributed by atoms with Crippen LogP contribution in [0.5, 0.6) is 0 Å². The molecule has 19 heavy (non-hydrogen) atoms. The number of benzene rings is 1. The van der Waals surface area contributed by atoms with Gasteiger partial charge >= 0.3 is 0 Å². The van der Waals surface area contributed by atoms with Gasteiger partial charge in [-0.1, -0.05) is 25.0 Å². The van der Waals surface area contributed by atoms with E-state index in [9.17, 15) is 0 Å². The van der Waals surface area contributed by atoms with E-state index in [0.29, 0.717) is 12.1 Å². The first kappa shape index (κ1) is 11.5. The fourth-order valence-corrected chi connectivity index (χ4v) is 3.27. The summed E-state index contributed by atoms with van der Waals surface area (Å²) in [7, 11) is 0. The summed E-state index contributed by atoms with van der Waals surface area (Å²) in [6.45, 7) is 1.14. The summed E-state index contributed by atoms with van der Waals surface area (Å²) in [4.78, 5) is 4.94. The third-order valence-corrected chi connectivity index (χ3v) is 4.41. The number of nitrogens with zero attached hydrogens (tertiary/aromatic N) is 2. The average molecular weight is 255 g/mol. The van der Waals surface area contributed by atoms with Gasteiger partial charge in [-0.05, 0) is 44.4 Å². The number of aromatic nitrogens is 2. The van der Waals surface area contributed by atoms with Crippen LogP contribution in [0.25, 0.3) is 11.0 Å². The van der Waals surface area contributed by atoms with Gasteiger partial charge in [-0.3, -0.25) is 0 Å². The minimum atomic E-state index is 0.454. The first-order chi connectivity index (χ1) is 9.43. The van der Waals surface area contributed by atoms with Crippen molar-refractivity contribution in [3.8, 4) is 0 Å². The van der Waals surface area contributed by atoms with Crippen LogP contribution in [0, 0.1) is 0 Å². The van der Waals surface area contributed by atoms with Crippen LogP contribution in [0.1, 0.15) is 56.4 Å². The molecule has 1 aromatic carbocycles. The molecule has 2 aliphatic rings. The van der Waals surface area contributed by atoms with Crippen LogP contribution in [0.3, 0.4) is 0 Å². The maximum Gasteiger partial charge on any atom is 0.127 e. The van der Waals surface area contributed by atoms with Crippen LogP contribution in [0.15, 0.2) is 24.3 Å². The van der Waals surface area contributed by atoms with Crippen LogP contribution in [-0.2, 0) is 0 Å². The molecule has 2 aromatic rings. The van der Waals surface area contributed by atoms with Gasteiger partial charge in [0.05, 0.1) is 17.1 Å². The molecule has 0 spiro atoms. The first-order valence-corrected chi connectivity index (χ1v) is 7.64. The van der Waals surface area contributed by atoms with Crippen molar-refractivity contribution in [3.05, 3.63) is 30.1 Å². The van der Waals surface area contributed by atoms with Crippen LogP contribution in [0.2, 0.25) is 0 Å². The van der Waals surface area contributed by atoms with Crippen LogP contribution >= 0.6 is 0 Å². The predicted octanol–water partition coefficient (Wildman–Crippen LogP) is 3.58. The Kier molecular flexibility index (Phi) is 2.80. The smallest absolute Gasteiger partial charge is 0.127 e. The van der Waals surface area contributed by atoms with Gasteiger partial charge in [0.2, 0.25) is 0 Å². The zero-order valence-electron chi connectivity index (χ0n) is 11.3. The molecule has 100 valence electrons. The van der Waals surface area contributed by atoms with Crippen molar-refractivity contribution < 1.29 is 0 Å². The molecule has 1 N–H and O–H groups in total. The van der Waals surface area contributed by atoms with Crippen molar-refractivity contribution >= 4 is 11.0 Å². The van der Waals surface area contributed by atoms with E-state index in [-0.39, 0.29) is 0 Å². The summed E-state index contributed by atoms with van der Waals surface area (Å²) in [5.41, 5.74) is 2.49. The molecule has 0 radical (unpaired) electrons. The van der Waals surface area contributed by atoms with Crippen molar-refractivity contribution in [3.63, 3.8) is 0 Å². The second-order valence-electron chi connectivity index (χ2n) is 5.92. The fraction of sp³-hybridized carbons (Fsp3) is 0.562. The number of para-hydroxylation sites is 2. The maximum atomic E-state index is 4.94. The van der Waals surface area contributed by atoms with Gasteiger partial charge in [-0.2, -0.15) is 0 Å². The zero-order valence-corrected chi connectivity index (χ0v) is 11.3. The highest BCUT2D eigenvalue weighted by molar-refractivity contribution is 5.76. The Balaban J connectivity index is 1.81. The molecule has 1 aliphatic carbocycles. The average Bonchev–Trinajstić information content (AvgIpc) is 3.24. The van der Waals surface area contributed by atoms with E-state index in [0.717, 1.165) is 12.1 Å². The SMILES string of the molecule is c1ccc2c(c1)nc(C1CCCCCN1)n2C1CC1. The summed E-state index contributed by atoms with van der Waals surface area (Å²) >= 11 is 0. The van der Waals surface area contributed by atoms with Gasteiger partial charge in [0.15, 0.2) is 0 Å². The number of imidazole rings is 1. The van der Waals surface area contributed by atoms with Crippen LogP contribution < -0.4 is 5.32 Å². The Hall–Kier alpha value is -1.35. The molecule has 4 rings (SSSR count). The third kappa shape index (κ3) is 2.06. The zero-order chi connectivity index (χ0) is 12.7. The molecule has 2 heterocycles. The topological polar surface area (TPSA) is 29.9 Å². The number of hydrogen-bond donors (Lipinski definition) is 1. The van der Waals surface area contributed by atoms with Crippen LogP contribution in [-0.4, -0.2) is 16.1 Å². The molecule has 1 atom stereocenters. The molecule has 3 heteroatoms. The minimum absolute atomic E-state index is 0.454. The lowest BCUT2D eigenvalue weighted by Gasteiger charge is -2.17. The highest BCUT2D eigenvalue weighted by Crippen LogP contribution is 2.40. The van der Waals surface area contributed by atoms with Crippen molar-refractivity contribution in [2.75, 3.05) is 6.54 Å². The van der Waals surface area contributed by atoms with Gasteiger partial charge < -0.3 is 9.88 Å². The highest BCUT2D eigenvalue weighted by atomic mass is 15.2. The second kappa shape index (κ2) is 4.64. The molecule has 1 unspecified atom stereocenters. The maximum absolute atomic E-state index is 4.94. The quantitative estimate of drug-likeness (QED) is 0.889. The number of fused-ring (bicyclic) bond motifs is 1. The van der Waals surface area contributed by atoms with E-state index in [1.54, 1.807) is 0 Å². The molecule has 0 amide bonds. The Morgan fingerprint density at radius 2 is 1.95 bits per heavy atom. The van der Waals surface area contributed by atoms with E-state index in [1.165, 1.54) is 49.9 Å². The molecule has 1 aromatic heterocycles. The molecular weight excluding hydrogens is 234 g/mol. The van der Waals surface area contributed by atoms with Gasteiger partial charge in [-0.15, -0.1) is 0 Å². The Morgan fingerprint density at radius 3 is 2.84 bits per heavy atom. The Morgan fingerprint density at radius 1 is 1.05 bits per heavy atom. The van der Waals surface area contributed by atoms with Gasteiger partial charge in [0.1, 0.15) is 5.82 Å². The summed E-state index contributed by atoms with van der Waals surface area (Å²) in [6, 6.07) is 9.75. The molecule has 1 saturated heterocycles. The van der Waals surface area contributed by atoms with Gasteiger partial charge in [-0.25, -0.2) is 4.98 Å². The lowest BCUT2D eigenvalue weighted by Crippen LogP contribution is -2.23. The predicted molar refractivity (Wildman–Crippen MR) is 77.2 cm³/mol. The number of hydrogen-bond acceptors (Lipinski definition) is 2. The summed E-state index contributed by atoms with van der Waals surface area (Å²) < 4.78 is 2.51. The summed E-state index contributed by atoms with van der Waals surface area (Å²) in [5.74, 6) is 1.28. The minimum Gasteiger partial charge on any atom is -0.324 e. The second-order valence-corrected chi connectivity index (χ2v) is 5.92. The van der Waals surface area contributed by atoms with Crippen molar-refractivity contribution in [1.29, 1.82) is 0 Å². The van der Waals surface area contributed by atoms with Gasteiger partial charge in [0.25, 0.3) is 0 Å². The van der Waals surface area contributed by atoms with E-state index in [2.05, 4.69) is 34.1 Å². The Labute approximate surface area is 114 Å². The molecule has 2 fully saturated rings. The fourth-order valence-electron chi connectivity index (χ4n) is 3.27. The molecular formula is C16H21N3. The third-order valence-electron chi connectivity index (χ3n) is 4.41. The number of rotatable bonds is 2. The van der Waals surface area contributed by atoms with Crippen LogP contribution in [0.4, 0.5) is 0 Å². The standard InChI is InChI=1S/C16H21N3/c1-2-7-14(17-11-5-1)16-18-13-6-3-4-8-15(13)19(16)12-9-10-12/h3-4,6,8,12,14,17H,1-2,5,7,9-11H2. The largest absolute Gasteiger partial charge is 0.324 e. The lowest BCUT2D eigenvalue weighted by atomic mass is 10.1. The van der Waals surface area contributed by atoms with E-state index in [1.807, 2.05) is 0 Å². The van der Waals surface area contributed by atoms with E-state index >= 15 is 0 Å². The van der Waals surface area contributed by atoms with Crippen molar-refractivity contribution in [2.45, 2.75) is 50.6 Å². The van der Waals surface area contributed by atoms with Gasteiger partial charge in [0, 0.05) is 6.04 Å². The Bertz CT molecular complexity index is 575. The van der Waals surface area contributed by atoms with E-state index < -0.39 is 0 Å². The summed E-state index contributed by atoms with van der Waals surface area (Å²) in [5, 5.41) is 3.70. The summed E-state index contributed by atoms with van der Waals surface area (Å²) in [6.07, 6.45) is 7.86. The molecule has 3 nitrogen and oxygen atoms in total. The molecule has 0 bridgehead atoms. The lowest BCUT2D eigenvalue weighted by molar-refractivity contribution is 0.484. The van der Waals surface area contributed by atoms with E-state index in [4.69, 9.17) is 4.98 Å². The monoisotopic (exact) mass is 255 g/mol. The molecule has 1 saturated carbocycles. The molecule has 1 aliphatic heterocycles. The van der Waals surface area contributed by atoms with Crippen molar-refractivity contribution in [1.82, 2.24) is 14.9 Å².